The fraction of sp³-hybridized carbons (Fsp3) is 0. The average Bonchev–Trinajstić information content (AvgIpc) is 0. The van der Waals surface area contributed by atoms with Gasteiger partial charge in [0.05, 0.1) is 0 Å². The van der Waals surface area contributed by atoms with Gasteiger partial charge in [0.25, 0.3) is 0 Å². The molecule has 0 unspecified atom stereocenters. The van der Waals surface area contributed by atoms with Crippen molar-refractivity contribution in [2.45, 2.75) is 0 Å². The van der Waals surface area contributed by atoms with Gasteiger partial charge in [-0.1, -0.05) is 0 Å². The van der Waals surface area contributed by atoms with Gasteiger partial charge in [-0.05, 0) is 0 Å². The molecule has 0 nitrogen and oxygen atoms in total. The van der Waals surface area contributed by atoms with Crippen molar-refractivity contribution < 1.29 is 89.4 Å². The summed E-state index contributed by atoms with van der Waals surface area (Å²) < 4.78 is 0. The van der Waals surface area contributed by atoms with Crippen LogP contribution in [0.1, 0.15) is 1.43 Å². The van der Waals surface area contributed by atoms with Crippen molar-refractivity contribution in [3.63, 3.8) is 0 Å². The van der Waals surface area contributed by atoms with E-state index in [1.165, 1.54) is 0 Å². The van der Waals surface area contributed by atoms with Gasteiger partial charge < -0.3 is 1.43 Å². The maximum absolute atomic E-state index is 0. The fourth-order valence-corrected chi connectivity index (χ4v) is 0. The quantitative estimate of drug-likeness (QED) is 0.348. The molecule has 4 heteroatoms. The van der Waals surface area contributed by atoms with Crippen molar-refractivity contribution in [2.24, 2.45) is 0 Å². The van der Waals surface area contributed by atoms with Crippen LogP contribution in [0.3, 0.4) is 0 Å². The minimum absolute atomic E-state index is 0. The summed E-state index contributed by atoms with van der Waals surface area (Å²) in [6.45, 7) is 0. The van der Waals surface area contributed by atoms with Crippen molar-refractivity contribution in [1.82, 2.24) is 0 Å². The van der Waals surface area contributed by atoms with Gasteiger partial charge in [0.1, 0.15) is 0 Å². The molecule has 0 atom stereocenters. The van der Waals surface area contributed by atoms with Crippen molar-refractivity contribution in [1.29, 1.82) is 0 Å². The second kappa shape index (κ2) is 16.2. The van der Waals surface area contributed by atoms with Gasteiger partial charge in [0, 0.05) is 36.5 Å². The molecule has 0 saturated carbocycles. The molecule has 0 fully saturated rings. The van der Waals surface area contributed by atoms with Gasteiger partial charge in [-0.2, -0.15) is 0 Å². The Balaban J connectivity index is 0. The Morgan fingerprint density at radius 3 is 1.25 bits per heavy atom. The number of hydrogen-bond donors (Lipinski definition) is 0. The van der Waals surface area contributed by atoms with Crippen LogP contribution in [0.5, 0.6) is 0 Å². The molecule has 0 aliphatic rings. The molecule has 0 bridgehead atoms. The number of rotatable bonds is 0. The Morgan fingerprint density at radius 2 is 1.25 bits per heavy atom. The third-order valence-corrected chi connectivity index (χ3v) is 0. The van der Waals surface area contributed by atoms with E-state index < -0.39 is 0 Å². The fourth-order valence-electron chi connectivity index (χ4n) is 0. The Labute approximate surface area is 104 Å². The van der Waals surface area contributed by atoms with E-state index in [0.29, 0.717) is 0 Å². The summed E-state index contributed by atoms with van der Waals surface area (Å²) in [4.78, 5) is 0. The minimum Gasteiger partial charge on any atom is -1.00 e. The first kappa shape index (κ1) is 26.6. The van der Waals surface area contributed by atoms with Crippen LogP contribution in [-0.2, 0) is 36.5 Å². The van der Waals surface area contributed by atoms with E-state index in [-0.39, 0.29) is 107 Å². The van der Waals surface area contributed by atoms with Crippen molar-refractivity contribution >= 4 is 17.4 Å². The van der Waals surface area contributed by atoms with Gasteiger partial charge in [0.15, 0.2) is 17.4 Å². The molecule has 21 valence electrons. The van der Waals surface area contributed by atoms with Crippen molar-refractivity contribution in [3.8, 4) is 0 Å². The molecule has 0 aliphatic carbocycles. The maximum atomic E-state index is 0. The first-order valence-electron chi connectivity index (χ1n) is 0. The van der Waals surface area contributed by atoms with E-state index in [1.807, 2.05) is 0 Å². The zero-order valence-corrected chi connectivity index (χ0v) is 9.04. The second-order valence-corrected chi connectivity index (χ2v) is 0. The molecule has 0 aromatic carbocycles. The molecular weight excluding hydrogens is 195 g/mol. The molecular formula is H4AlCuKZn. The summed E-state index contributed by atoms with van der Waals surface area (Å²) in [7, 11) is 0. The Bertz CT molecular complexity index is 11.6. The van der Waals surface area contributed by atoms with E-state index in [4.69, 9.17) is 0 Å². The molecule has 1 radical (unpaired) electrons. The Hall–Kier alpha value is 3.31. The predicted octanol–water partition coefficient (Wildman–Crippen LogP) is -4.07. The van der Waals surface area contributed by atoms with Gasteiger partial charge >= 0.3 is 51.4 Å². The molecule has 0 heterocycles. The predicted molar refractivity (Wildman–Crippen MR) is 11.1 cm³/mol. The van der Waals surface area contributed by atoms with Gasteiger partial charge in [0.2, 0.25) is 0 Å². The zero-order chi connectivity index (χ0) is 0. The van der Waals surface area contributed by atoms with Crippen LogP contribution >= 0.6 is 0 Å². The third kappa shape index (κ3) is 9.00. The summed E-state index contributed by atoms with van der Waals surface area (Å²) in [5, 5.41) is 0. The summed E-state index contributed by atoms with van der Waals surface area (Å²) >= 11 is 0. The minimum atomic E-state index is 0. The SMILES string of the molecule is [AlH3].[Cu].[H-].[K+].[Zn]. The van der Waals surface area contributed by atoms with E-state index >= 15 is 0 Å². The summed E-state index contributed by atoms with van der Waals surface area (Å²) in [6.07, 6.45) is 0. The molecule has 0 aromatic heterocycles. The number of hydrogen-bond acceptors (Lipinski definition) is 0. The van der Waals surface area contributed by atoms with Crippen LogP contribution in [0.25, 0.3) is 0 Å². The molecule has 0 saturated heterocycles. The third-order valence-electron chi connectivity index (χ3n) is 0. The smallest absolute Gasteiger partial charge is 1.00 e. The van der Waals surface area contributed by atoms with Crippen LogP contribution in [0.15, 0.2) is 0 Å². The van der Waals surface area contributed by atoms with Crippen LogP contribution in [-0.4, -0.2) is 17.4 Å². The molecule has 4 heavy (non-hydrogen) atoms. The van der Waals surface area contributed by atoms with Crippen LogP contribution in [0, 0.1) is 0 Å². The maximum Gasteiger partial charge on any atom is 1.00 e. The molecule has 0 N–H and O–H groups in total. The van der Waals surface area contributed by atoms with Gasteiger partial charge in [-0.15, -0.1) is 0 Å². The van der Waals surface area contributed by atoms with Crippen LogP contribution in [0.4, 0.5) is 0 Å². The standard InChI is InChI=1S/Al.Cu.K.Zn.4H/q;;+1;;;;;-1. The van der Waals surface area contributed by atoms with Crippen LogP contribution in [0.2, 0.25) is 0 Å². The molecule has 0 spiro atoms. The average molecular weight is 199 g/mol. The normalized spacial score (nSPS) is 0. The first-order valence-corrected chi connectivity index (χ1v) is 0. The van der Waals surface area contributed by atoms with Gasteiger partial charge in [-0.3, -0.25) is 0 Å². The molecule has 0 aromatic rings. The van der Waals surface area contributed by atoms with E-state index in [1.54, 1.807) is 0 Å². The summed E-state index contributed by atoms with van der Waals surface area (Å²) in [5.74, 6) is 0. The summed E-state index contributed by atoms with van der Waals surface area (Å²) in [6, 6.07) is 0. The summed E-state index contributed by atoms with van der Waals surface area (Å²) in [5.41, 5.74) is 0. The zero-order valence-electron chi connectivity index (χ0n) is 3.01. The van der Waals surface area contributed by atoms with E-state index in [0.717, 1.165) is 0 Å². The van der Waals surface area contributed by atoms with E-state index in [9.17, 15) is 0 Å². The van der Waals surface area contributed by atoms with Crippen molar-refractivity contribution in [3.05, 3.63) is 0 Å². The largest absolute Gasteiger partial charge is 1.00 e. The van der Waals surface area contributed by atoms with Crippen molar-refractivity contribution in [2.75, 3.05) is 0 Å². The topological polar surface area (TPSA) is 0 Å². The van der Waals surface area contributed by atoms with Crippen LogP contribution < -0.4 is 51.4 Å². The molecule has 0 amide bonds. The van der Waals surface area contributed by atoms with E-state index in [2.05, 4.69) is 0 Å². The van der Waals surface area contributed by atoms with Gasteiger partial charge in [-0.25, -0.2) is 0 Å². The monoisotopic (exact) mass is 197 g/mol. The molecule has 0 rings (SSSR count). The first-order chi connectivity index (χ1) is 0. The molecule has 0 aliphatic heterocycles. The Morgan fingerprint density at radius 1 is 1.25 bits per heavy atom. The Kier molecular flexibility index (Phi) is 108. The second-order valence-electron chi connectivity index (χ2n) is 0.